The number of rotatable bonds is 4. The maximum absolute atomic E-state index is 6.27. The average molecular weight is 439 g/mol. The number of benzene rings is 1. The molecule has 5 rings (SSSR count). The van der Waals surface area contributed by atoms with Crippen LogP contribution in [0.1, 0.15) is 38.5 Å². The predicted octanol–water partition coefficient (Wildman–Crippen LogP) is 3.11. The molecule has 3 aliphatic heterocycles. The van der Waals surface area contributed by atoms with Crippen molar-refractivity contribution >= 4 is 11.4 Å². The van der Waals surface area contributed by atoms with Crippen molar-refractivity contribution in [2.24, 2.45) is 12.5 Å². The smallest absolute Gasteiger partial charge is 0.143 e. The van der Waals surface area contributed by atoms with Crippen LogP contribution in [0.5, 0.6) is 5.75 Å². The summed E-state index contributed by atoms with van der Waals surface area (Å²) >= 11 is 0. The van der Waals surface area contributed by atoms with Crippen molar-refractivity contribution in [1.29, 1.82) is 0 Å². The van der Waals surface area contributed by atoms with E-state index < -0.39 is 0 Å². The fourth-order valence-electron chi connectivity index (χ4n) is 6.11. The van der Waals surface area contributed by atoms with Crippen LogP contribution in [-0.2, 0) is 7.05 Å². The van der Waals surface area contributed by atoms with Gasteiger partial charge in [-0.3, -0.25) is 4.68 Å². The SMILES string of the molecule is COc1cc(N2CCC(N3CCC4(CCNCC4)CC3)CC2)c(-c2cnn(C)c2)cc1N. The van der Waals surface area contributed by atoms with Gasteiger partial charge in [0.2, 0.25) is 0 Å². The third-order valence-corrected chi connectivity index (χ3v) is 8.21. The second-order valence-corrected chi connectivity index (χ2v) is 10.0. The molecule has 7 nitrogen and oxygen atoms in total. The lowest BCUT2D eigenvalue weighted by molar-refractivity contribution is 0.0432. The van der Waals surface area contributed by atoms with E-state index in [0.717, 1.165) is 30.0 Å². The Bertz CT molecular complexity index is 917. The Morgan fingerprint density at radius 1 is 1.06 bits per heavy atom. The van der Waals surface area contributed by atoms with Crippen LogP contribution in [0.25, 0.3) is 11.1 Å². The van der Waals surface area contributed by atoms with Crippen molar-refractivity contribution in [3.63, 3.8) is 0 Å². The van der Waals surface area contributed by atoms with E-state index in [4.69, 9.17) is 10.5 Å². The minimum absolute atomic E-state index is 0.627. The first kappa shape index (κ1) is 21.6. The number of nitrogens with two attached hydrogens (primary N) is 1. The summed E-state index contributed by atoms with van der Waals surface area (Å²) in [6, 6.07) is 4.86. The molecule has 0 radical (unpaired) electrons. The molecule has 0 unspecified atom stereocenters. The second kappa shape index (κ2) is 8.94. The van der Waals surface area contributed by atoms with Crippen molar-refractivity contribution < 1.29 is 4.74 Å². The molecule has 0 saturated carbocycles. The number of nitrogen functional groups attached to an aromatic ring is 1. The first-order valence-corrected chi connectivity index (χ1v) is 12.2. The van der Waals surface area contributed by atoms with Gasteiger partial charge in [-0.15, -0.1) is 0 Å². The third kappa shape index (κ3) is 4.20. The number of piperidine rings is 3. The number of ether oxygens (including phenoxy) is 1. The van der Waals surface area contributed by atoms with Crippen LogP contribution in [0.4, 0.5) is 11.4 Å². The number of aryl methyl sites for hydroxylation is 1. The van der Waals surface area contributed by atoms with Gasteiger partial charge in [0.05, 0.1) is 19.0 Å². The fraction of sp³-hybridized carbons (Fsp3) is 0.640. The highest BCUT2D eigenvalue weighted by Gasteiger charge is 2.37. The van der Waals surface area contributed by atoms with E-state index in [1.165, 1.54) is 70.4 Å². The molecule has 1 spiro atoms. The highest BCUT2D eigenvalue weighted by molar-refractivity contribution is 5.83. The van der Waals surface area contributed by atoms with Gasteiger partial charge in [0.1, 0.15) is 5.75 Å². The zero-order valence-electron chi connectivity index (χ0n) is 19.6. The lowest BCUT2D eigenvalue weighted by Gasteiger charge is -2.48. The molecule has 0 atom stereocenters. The largest absolute Gasteiger partial charge is 0.495 e. The zero-order chi connectivity index (χ0) is 22.1. The van der Waals surface area contributed by atoms with Crippen molar-refractivity contribution in [1.82, 2.24) is 20.0 Å². The molecule has 7 heteroatoms. The summed E-state index contributed by atoms with van der Waals surface area (Å²) in [5.41, 5.74) is 11.0. The van der Waals surface area contributed by atoms with Crippen molar-refractivity contribution in [2.75, 3.05) is 57.0 Å². The maximum Gasteiger partial charge on any atom is 0.143 e. The summed E-state index contributed by atoms with van der Waals surface area (Å²) in [5, 5.41) is 7.92. The molecule has 1 aromatic heterocycles. The molecule has 32 heavy (non-hydrogen) atoms. The molecule has 174 valence electrons. The Labute approximate surface area is 191 Å². The van der Waals surface area contributed by atoms with E-state index in [-0.39, 0.29) is 0 Å². The molecule has 3 saturated heterocycles. The van der Waals surface area contributed by atoms with Crippen molar-refractivity contribution in [2.45, 2.75) is 44.6 Å². The summed E-state index contributed by atoms with van der Waals surface area (Å²) in [7, 11) is 3.64. The molecule has 0 aliphatic carbocycles. The predicted molar refractivity (Wildman–Crippen MR) is 130 cm³/mol. The molecule has 1 aromatic carbocycles. The zero-order valence-corrected chi connectivity index (χ0v) is 19.6. The Kier molecular flexibility index (Phi) is 6.03. The van der Waals surface area contributed by atoms with Crippen LogP contribution < -0.4 is 20.7 Å². The lowest BCUT2D eigenvalue weighted by atomic mass is 9.71. The number of hydrogen-bond acceptors (Lipinski definition) is 6. The van der Waals surface area contributed by atoms with Crippen LogP contribution in [0.15, 0.2) is 24.5 Å². The van der Waals surface area contributed by atoms with E-state index in [1.807, 2.05) is 24.0 Å². The lowest BCUT2D eigenvalue weighted by Crippen LogP contribution is -2.51. The Morgan fingerprint density at radius 2 is 1.78 bits per heavy atom. The molecule has 0 bridgehead atoms. The van der Waals surface area contributed by atoms with Gasteiger partial charge < -0.3 is 25.6 Å². The van der Waals surface area contributed by atoms with Crippen LogP contribution >= 0.6 is 0 Å². The molecule has 3 fully saturated rings. The standard InChI is InChI=1S/C25H38N6O/c1-29-18-19(17-28-29)21-15-22(26)24(32-2)16-23(21)31-11-3-20(4-12-31)30-13-7-25(8-14-30)5-9-27-10-6-25/h15-18,20,27H,3-14,26H2,1-2H3. The first-order chi connectivity index (χ1) is 15.6. The summed E-state index contributed by atoms with van der Waals surface area (Å²) in [5.74, 6) is 0.748. The van der Waals surface area contributed by atoms with E-state index >= 15 is 0 Å². The second-order valence-electron chi connectivity index (χ2n) is 10.0. The van der Waals surface area contributed by atoms with Gasteiger partial charge in [-0.05, 0) is 76.2 Å². The normalized spacial score (nSPS) is 22.4. The average Bonchev–Trinajstić information content (AvgIpc) is 3.26. The topological polar surface area (TPSA) is 71.6 Å². The van der Waals surface area contributed by atoms with Gasteiger partial charge in [0.15, 0.2) is 0 Å². The number of nitrogens with zero attached hydrogens (tertiary/aromatic N) is 4. The van der Waals surface area contributed by atoms with Crippen molar-refractivity contribution in [3.8, 4) is 16.9 Å². The first-order valence-electron chi connectivity index (χ1n) is 12.2. The summed E-state index contributed by atoms with van der Waals surface area (Å²) in [6.07, 6.45) is 11.9. The van der Waals surface area contributed by atoms with Gasteiger partial charge in [0, 0.05) is 55.3 Å². The monoisotopic (exact) mass is 438 g/mol. The van der Waals surface area contributed by atoms with Crippen LogP contribution in [0, 0.1) is 5.41 Å². The Hall–Kier alpha value is -2.25. The number of aromatic nitrogens is 2. The highest BCUT2D eigenvalue weighted by Crippen LogP contribution is 2.42. The van der Waals surface area contributed by atoms with Crippen molar-refractivity contribution in [3.05, 3.63) is 24.5 Å². The highest BCUT2D eigenvalue weighted by atomic mass is 16.5. The van der Waals surface area contributed by atoms with Crippen LogP contribution in [0.3, 0.4) is 0 Å². The molecule has 4 heterocycles. The molecular formula is C25H38N6O. The quantitative estimate of drug-likeness (QED) is 0.715. The summed E-state index contributed by atoms with van der Waals surface area (Å²) < 4.78 is 7.40. The number of methoxy groups -OCH3 is 1. The minimum Gasteiger partial charge on any atom is -0.495 e. The molecule has 0 amide bonds. The number of likely N-dealkylation sites (tertiary alicyclic amines) is 1. The van der Waals surface area contributed by atoms with Gasteiger partial charge in [-0.2, -0.15) is 5.10 Å². The van der Waals surface area contributed by atoms with Gasteiger partial charge >= 0.3 is 0 Å². The molecule has 2 aromatic rings. The van der Waals surface area contributed by atoms with Gasteiger partial charge in [-0.25, -0.2) is 0 Å². The third-order valence-electron chi connectivity index (χ3n) is 8.21. The summed E-state index contributed by atoms with van der Waals surface area (Å²) in [4.78, 5) is 5.30. The maximum atomic E-state index is 6.27. The van der Waals surface area contributed by atoms with Gasteiger partial charge in [-0.1, -0.05) is 0 Å². The molecule has 3 aliphatic rings. The van der Waals surface area contributed by atoms with Crippen LogP contribution in [-0.4, -0.2) is 67.1 Å². The number of hydrogen-bond donors (Lipinski definition) is 2. The summed E-state index contributed by atoms with van der Waals surface area (Å²) in [6.45, 7) is 7.11. The Morgan fingerprint density at radius 3 is 2.41 bits per heavy atom. The van der Waals surface area contributed by atoms with Gasteiger partial charge in [0.25, 0.3) is 0 Å². The van der Waals surface area contributed by atoms with E-state index in [0.29, 0.717) is 17.1 Å². The fourth-order valence-corrected chi connectivity index (χ4v) is 6.11. The molecule has 3 N–H and O–H groups in total. The Balaban J connectivity index is 1.27. The minimum atomic E-state index is 0.627. The molecular weight excluding hydrogens is 400 g/mol. The van der Waals surface area contributed by atoms with E-state index in [2.05, 4.69) is 32.5 Å². The van der Waals surface area contributed by atoms with Crippen LogP contribution in [0.2, 0.25) is 0 Å². The van der Waals surface area contributed by atoms with E-state index in [1.54, 1.807) is 7.11 Å². The number of anilines is 2. The van der Waals surface area contributed by atoms with E-state index in [9.17, 15) is 0 Å². The number of nitrogens with one attached hydrogen (secondary N) is 1.